The van der Waals surface area contributed by atoms with Crippen LogP contribution in [-0.4, -0.2) is 11.0 Å². The molecule has 1 fully saturated rings. The van der Waals surface area contributed by atoms with E-state index in [1.165, 1.54) is 41.3 Å². The number of aryl methyl sites for hydroxylation is 2. The topological polar surface area (TPSA) is 24.9 Å². The van der Waals surface area contributed by atoms with Crippen LogP contribution in [0.4, 0.5) is 0 Å². The molecule has 0 bridgehead atoms. The Bertz CT molecular complexity index is 378. The van der Waals surface area contributed by atoms with Crippen molar-refractivity contribution in [2.24, 2.45) is 5.92 Å². The maximum Gasteiger partial charge on any atom is 0.110 e. The van der Waals surface area contributed by atoms with Crippen molar-refractivity contribution < 1.29 is 0 Å². The van der Waals surface area contributed by atoms with Crippen molar-refractivity contribution in [3.63, 3.8) is 0 Å². The second kappa shape index (κ2) is 6.16. The number of hydrogen-bond acceptors (Lipinski definition) is 3. The lowest BCUT2D eigenvalue weighted by molar-refractivity contribution is 0.337. The normalized spacial score (nSPS) is 17.4. The Labute approximate surface area is 115 Å². The van der Waals surface area contributed by atoms with E-state index in [1.54, 1.807) is 0 Å². The van der Waals surface area contributed by atoms with Gasteiger partial charge in [-0.15, -0.1) is 11.3 Å². The fourth-order valence-corrected chi connectivity index (χ4v) is 3.75. The highest BCUT2D eigenvalue weighted by atomic mass is 32.1. The van der Waals surface area contributed by atoms with Crippen LogP contribution in [0, 0.1) is 12.8 Å². The summed E-state index contributed by atoms with van der Waals surface area (Å²) in [4.78, 5) is 6.29. The first-order valence-electron chi connectivity index (χ1n) is 7.41. The Morgan fingerprint density at radius 1 is 1.28 bits per heavy atom. The van der Waals surface area contributed by atoms with E-state index in [0.717, 1.165) is 18.4 Å². The van der Waals surface area contributed by atoms with Crippen molar-refractivity contribution in [3.05, 3.63) is 15.6 Å². The van der Waals surface area contributed by atoms with Gasteiger partial charge in [0.05, 0.1) is 11.7 Å². The van der Waals surface area contributed by atoms with Gasteiger partial charge in [-0.05, 0) is 32.1 Å². The molecule has 0 saturated heterocycles. The van der Waals surface area contributed by atoms with Gasteiger partial charge in [0.2, 0.25) is 0 Å². The summed E-state index contributed by atoms with van der Waals surface area (Å²) in [6.07, 6.45) is 6.23. The largest absolute Gasteiger partial charge is 0.305 e. The van der Waals surface area contributed by atoms with Crippen molar-refractivity contribution >= 4 is 11.3 Å². The van der Waals surface area contributed by atoms with Gasteiger partial charge in [0.1, 0.15) is 5.01 Å². The standard InChI is InChI=1S/C15H26N2S/c1-5-11(6-2)14(16-12-8-9-12)15-17-13(7-3)10(4)18-15/h11-12,14,16H,5-9H2,1-4H3. The van der Waals surface area contributed by atoms with Crippen LogP contribution in [0.15, 0.2) is 0 Å². The van der Waals surface area contributed by atoms with Gasteiger partial charge in [-0.2, -0.15) is 0 Å². The Kier molecular flexibility index (Phi) is 4.79. The smallest absolute Gasteiger partial charge is 0.110 e. The fourth-order valence-electron chi connectivity index (χ4n) is 2.58. The van der Waals surface area contributed by atoms with Crippen LogP contribution in [0.5, 0.6) is 0 Å². The fraction of sp³-hybridized carbons (Fsp3) is 0.800. The molecule has 3 heteroatoms. The Hall–Kier alpha value is -0.410. The van der Waals surface area contributed by atoms with Gasteiger partial charge in [0, 0.05) is 10.9 Å². The molecule has 0 aliphatic heterocycles. The molecule has 1 saturated carbocycles. The Balaban J connectivity index is 2.19. The van der Waals surface area contributed by atoms with Crippen LogP contribution < -0.4 is 5.32 Å². The van der Waals surface area contributed by atoms with E-state index in [4.69, 9.17) is 4.98 Å². The number of rotatable bonds is 7. The molecule has 1 heterocycles. The van der Waals surface area contributed by atoms with Gasteiger partial charge in [-0.1, -0.05) is 33.6 Å². The quantitative estimate of drug-likeness (QED) is 0.798. The number of thiazole rings is 1. The summed E-state index contributed by atoms with van der Waals surface area (Å²) in [5.74, 6) is 0.723. The highest BCUT2D eigenvalue weighted by Gasteiger charge is 2.30. The molecule has 2 rings (SSSR count). The summed E-state index contributed by atoms with van der Waals surface area (Å²) in [7, 11) is 0. The van der Waals surface area contributed by atoms with Crippen molar-refractivity contribution in [2.75, 3.05) is 0 Å². The Morgan fingerprint density at radius 3 is 2.39 bits per heavy atom. The lowest BCUT2D eigenvalue weighted by atomic mass is 9.94. The van der Waals surface area contributed by atoms with Crippen molar-refractivity contribution in [1.82, 2.24) is 10.3 Å². The van der Waals surface area contributed by atoms with Crippen molar-refractivity contribution in [2.45, 2.75) is 71.9 Å². The zero-order valence-corrected chi connectivity index (χ0v) is 12.9. The monoisotopic (exact) mass is 266 g/mol. The molecule has 1 aromatic rings. The average Bonchev–Trinajstić information content (AvgIpc) is 3.11. The first-order valence-corrected chi connectivity index (χ1v) is 8.23. The molecular weight excluding hydrogens is 240 g/mol. The third-order valence-corrected chi connectivity index (χ3v) is 5.12. The maximum atomic E-state index is 4.88. The van der Waals surface area contributed by atoms with Gasteiger partial charge in [-0.3, -0.25) is 0 Å². The van der Waals surface area contributed by atoms with Crippen LogP contribution in [0.2, 0.25) is 0 Å². The van der Waals surface area contributed by atoms with Gasteiger partial charge >= 0.3 is 0 Å². The average molecular weight is 266 g/mol. The minimum Gasteiger partial charge on any atom is -0.305 e. The van der Waals surface area contributed by atoms with E-state index < -0.39 is 0 Å². The van der Waals surface area contributed by atoms with Crippen molar-refractivity contribution in [3.8, 4) is 0 Å². The molecule has 1 aliphatic carbocycles. The molecule has 2 nitrogen and oxygen atoms in total. The number of nitrogens with zero attached hydrogens (tertiary/aromatic N) is 1. The second-order valence-corrected chi connectivity index (χ2v) is 6.64. The number of nitrogens with one attached hydrogen (secondary N) is 1. The first kappa shape index (κ1) is 14.0. The van der Waals surface area contributed by atoms with Crippen LogP contribution >= 0.6 is 11.3 Å². The summed E-state index contributed by atoms with van der Waals surface area (Å²) in [5, 5.41) is 5.15. The molecule has 1 unspecified atom stereocenters. The van der Waals surface area contributed by atoms with Gasteiger partial charge in [0.25, 0.3) is 0 Å². The molecule has 1 N–H and O–H groups in total. The predicted octanol–water partition coefficient (Wildman–Crippen LogP) is 4.24. The molecule has 1 aromatic heterocycles. The molecule has 102 valence electrons. The molecule has 0 amide bonds. The third-order valence-electron chi connectivity index (χ3n) is 4.02. The van der Waals surface area contributed by atoms with Crippen LogP contribution in [-0.2, 0) is 6.42 Å². The van der Waals surface area contributed by atoms with Gasteiger partial charge < -0.3 is 5.32 Å². The summed E-state index contributed by atoms with van der Waals surface area (Å²) in [6.45, 7) is 9.02. The molecular formula is C15H26N2S. The van der Waals surface area contributed by atoms with Crippen molar-refractivity contribution in [1.29, 1.82) is 0 Å². The molecule has 0 radical (unpaired) electrons. The van der Waals surface area contributed by atoms with E-state index in [2.05, 4.69) is 33.0 Å². The zero-order valence-electron chi connectivity index (χ0n) is 12.1. The van der Waals surface area contributed by atoms with Gasteiger partial charge in [-0.25, -0.2) is 4.98 Å². The summed E-state index contributed by atoms with van der Waals surface area (Å²) in [5.41, 5.74) is 1.29. The molecule has 1 aliphatic rings. The highest BCUT2D eigenvalue weighted by molar-refractivity contribution is 7.11. The molecule has 0 aromatic carbocycles. The molecule has 0 spiro atoms. The molecule has 18 heavy (non-hydrogen) atoms. The minimum atomic E-state index is 0.483. The van der Waals surface area contributed by atoms with E-state index in [0.29, 0.717) is 6.04 Å². The summed E-state index contributed by atoms with van der Waals surface area (Å²) in [6, 6.07) is 1.24. The van der Waals surface area contributed by atoms with E-state index >= 15 is 0 Å². The lowest BCUT2D eigenvalue weighted by Gasteiger charge is -2.24. The second-order valence-electron chi connectivity index (χ2n) is 5.40. The lowest BCUT2D eigenvalue weighted by Crippen LogP contribution is -2.29. The predicted molar refractivity (Wildman–Crippen MR) is 79.2 cm³/mol. The van der Waals surface area contributed by atoms with E-state index in [9.17, 15) is 0 Å². The third kappa shape index (κ3) is 3.12. The van der Waals surface area contributed by atoms with E-state index in [-0.39, 0.29) is 0 Å². The van der Waals surface area contributed by atoms with Crippen LogP contribution in [0.25, 0.3) is 0 Å². The van der Waals surface area contributed by atoms with Crippen LogP contribution in [0.1, 0.15) is 68.1 Å². The minimum absolute atomic E-state index is 0.483. The number of hydrogen-bond donors (Lipinski definition) is 1. The SMILES string of the molecule is CCc1nc(C(NC2CC2)C(CC)CC)sc1C. The first-order chi connectivity index (χ1) is 8.69. The van der Waals surface area contributed by atoms with Crippen LogP contribution in [0.3, 0.4) is 0 Å². The summed E-state index contributed by atoms with van der Waals surface area (Å²) >= 11 is 1.90. The Morgan fingerprint density at radius 2 is 1.94 bits per heavy atom. The highest BCUT2D eigenvalue weighted by Crippen LogP contribution is 2.35. The molecule has 1 atom stereocenters. The number of aromatic nitrogens is 1. The summed E-state index contributed by atoms with van der Waals surface area (Å²) < 4.78 is 0. The zero-order chi connectivity index (χ0) is 13.1. The maximum absolute atomic E-state index is 4.88. The van der Waals surface area contributed by atoms with Gasteiger partial charge in [0.15, 0.2) is 0 Å². The van der Waals surface area contributed by atoms with E-state index in [1.807, 2.05) is 11.3 Å².